The number of carbonyl (C=O) groups excluding carboxylic acids is 1. The second-order valence-corrected chi connectivity index (χ2v) is 4.03. The van der Waals surface area contributed by atoms with Gasteiger partial charge < -0.3 is 4.74 Å². The van der Waals surface area contributed by atoms with Gasteiger partial charge in [-0.05, 0) is 26.0 Å². The largest absolute Gasteiger partial charge is 0.443 e. The van der Waals surface area contributed by atoms with Crippen LogP contribution < -0.4 is 0 Å². The van der Waals surface area contributed by atoms with Crippen LogP contribution in [-0.4, -0.2) is 22.1 Å². The maximum Gasteiger partial charge on any atom is 0.418 e. The third-order valence-electron chi connectivity index (χ3n) is 1.88. The van der Waals surface area contributed by atoms with Gasteiger partial charge in [0.1, 0.15) is 5.60 Å². The molecule has 0 unspecified atom stereocenters. The van der Waals surface area contributed by atoms with E-state index >= 15 is 0 Å². The van der Waals surface area contributed by atoms with Crippen LogP contribution in [0.25, 0.3) is 0 Å². The molecule has 3 nitrogen and oxygen atoms in total. The lowest BCUT2D eigenvalue weighted by Crippen LogP contribution is -2.30. The Hall–Kier alpha value is -0.960. The van der Waals surface area contributed by atoms with Crippen LogP contribution in [0.1, 0.15) is 20.3 Å². The van der Waals surface area contributed by atoms with Gasteiger partial charge in [0.2, 0.25) is 0 Å². The number of halogens is 1. The molecule has 0 saturated carbocycles. The zero-order chi connectivity index (χ0) is 10.6. The Morgan fingerprint density at radius 1 is 1.43 bits per heavy atom. The molecule has 0 fully saturated rings. The monoisotopic (exact) mass is 215 g/mol. The number of hydrogen-bond donors (Lipinski definition) is 0. The molecule has 14 heavy (non-hydrogen) atoms. The van der Waals surface area contributed by atoms with E-state index in [0.29, 0.717) is 12.3 Å². The van der Waals surface area contributed by atoms with Crippen molar-refractivity contribution < 1.29 is 9.53 Å². The fourth-order valence-electron chi connectivity index (χ4n) is 1.02. The van der Waals surface area contributed by atoms with E-state index in [1.165, 1.54) is 4.57 Å². The highest BCUT2D eigenvalue weighted by atomic mass is 35.5. The van der Waals surface area contributed by atoms with Crippen LogP contribution in [-0.2, 0) is 4.74 Å². The highest BCUT2D eigenvalue weighted by Crippen LogP contribution is 2.16. The van der Waals surface area contributed by atoms with Gasteiger partial charge in [-0.3, -0.25) is 4.57 Å². The first-order chi connectivity index (χ1) is 6.55. The second kappa shape index (κ2) is 4.51. The lowest BCUT2D eigenvalue weighted by Gasteiger charge is -2.23. The van der Waals surface area contributed by atoms with E-state index in [1.807, 2.05) is 13.8 Å². The van der Waals surface area contributed by atoms with Crippen LogP contribution in [0.4, 0.5) is 4.79 Å². The van der Waals surface area contributed by atoms with Gasteiger partial charge in [0.15, 0.2) is 0 Å². The molecule has 0 aliphatic carbocycles. The van der Waals surface area contributed by atoms with Crippen LogP contribution in [0.5, 0.6) is 0 Å². The Morgan fingerprint density at radius 3 is 2.50 bits per heavy atom. The summed E-state index contributed by atoms with van der Waals surface area (Å²) in [4.78, 5) is 11.5. The van der Waals surface area contributed by atoms with Crippen molar-refractivity contribution in [1.82, 2.24) is 4.57 Å². The Morgan fingerprint density at radius 2 is 2.00 bits per heavy atom. The fourth-order valence-corrected chi connectivity index (χ4v) is 1.48. The summed E-state index contributed by atoms with van der Waals surface area (Å²) in [5.41, 5.74) is -0.511. The first-order valence-corrected chi connectivity index (χ1v) is 5.01. The van der Waals surface area contributed by atoms with Crippen molar-refractivity contribution in [2.45, 2.75) is 25.9 Å². The number of rotatable bonds is 3. The summed E-state index contributed by atoms with van der Waals surface area (Å²) < 4.78 is 6.66. The van der Waals surface area contributed by atoms with Crippen molar-refractivity contribution in [1.29, 1.82) is 0 Å². The lowest BCUT2D eigenvalue weighted by molar-refractivity contribution is 0.0378. The van der Waals surface area contributed by atoms with Crippen molar-refractivity contribution in [3.8, 4) is 0 Å². The summed E-state index contributed by atoms with van der Waals surface area (Å²) >= 11 is 5.60. The third kappa shape index (κ3) is 3.07. The van der Waals surface area contributed by atoms with Crippen molar-refractivity contribution in [2.75, 3.05) is 5.88 Å². The Labute approximate surface area is 88.6 Å². The quantitative estimate of drug-likeness (QED) is 0.726. The van der Waals surface area contributed by atoms with Crippen LogP contribution in [0.15, 0.2) is 24.5 Å². The van der Waals surface area contributed by atoms with E-state index in [0.717, 1.165) is 0 Å². The summed E-state index contributed by atoms with van der Waals surface area (Å²) in [5, 5.41) is 0. The predicted octanol–water partition coefficient (Wildman–Crippen LogP) is 2.88. The second-order valence-electron chi connectivity index (χ2n) is 3.66. The highest BCUT2D eigenvalue weighted by Gasteiger charge is 2.22. The normalized spacial score (nSPS) is 11.4. The summed E-state index contributed by atoms with van der Waals surface area (Å²) in [7, 11) is 0. The predicted molar refractivity (Wildman–Crippen MR) is 55.7 cm³/mol. The summed E-state index contributed by atoms with van der Waals surface area (Å²) in [6.45, 7) is 3.69. The summed E-state index contributed by atoms with van der Waals surface area (Å²) in [5.74, 6) is 0.478. The molecule has 1 aromatic rings. The number of ether oxygens (including phenoxy) is 1. The molecule has 0 atom stereocenters. The topological polar surface area (TPSA) is 31.2 Å². The van der Waals surface area contributed by atoms with Crippen molar-refractivity contribution in [2.24, 2.45) is 0 Å². The molecule has 1 aromatic heterocycles. The molecule has 0 radical (unpaired) electrons. The zero-order valence-electron chi connectivity index (χ0n) is 8.37. The molecule has 0 aromatic carbocycles. The molecule has 0 aliphatic heterocycles. The molecule has 1 rings (SSSR count). The van der Waals surface area contributed by atoms with E-state index in [4.69, 9.17) is 16.3 Å². The van der Waals surface area contributed by atoms with Crippen LogP contribution >= 0.6 is 11.6 Å². The van der Waals surface area contributed by atoms with Crippen molar-refractivity contribution in [3.63, 3.8) is 0 Å². The standard InChI is InChI=1S/C10H14ClNO2/c1-10(2,5-6-11)14-9(13)12-7-3-4-8-12/h3-4,7-8H,5-6H2,1-2H3. The molecule has 0 bridgehead atoms. The van der Waals surface area contributed by atoms with Crippen molar-refractivity contribution in [3.05, 3.63) is 24.5 Å². The Kier molecular flexibility index (Phi) is 3.58. The smallest absolute Gasteiger partial charge is 0.418 e. The van der Waals surface area contributed by atoms with Crippen LogP contribution in [0, 0.1) is 0 Å². The van der Waals surface area contributed by atoms with Crippen LogP contribution in [0.2, 0.25) is 0 Å². The van der Waals surface area contributed by atoms with Gasteiger partial charge in [-0.25, -0.2) is 4.79 Å². The zero-order valence-corrected chi connectivity index (χ0v) is 9.12. The minimum Gasteiger partial charge on any atom is -0.443 e. The number of hydrogen-bond acceptors (Lipinski definition) is 2. The van der Waals surface area contributed by atoms with E-state index < -0.39 is 5.60 Å². The number of nitrogens with zero attached hydrogens (tertiary/aromatic N) is 1. The molecular formula is C10H14ClNO2. The molecule has 4 heteroatoms. The van der Waals surface area contributed by atoms with E-state index in [1.54, 1.807) is 24.5 Å². The lowest BCUT2D eigenvalue weighted by atomic mass is 10.1. The Balaban J connectivity index is 2.57. The SMILES string of the molecule is CC(C)(CCCl)OC(=O)n1cccc1. The molecule has 0 amide bonds. The van der Waals surface area contributed by atoms with E-state index in [9.17, 15) is 4.79 Å². The maximum absolute atomic E-state index is 11.5. The number of aromatic nitrogens is 1. The molecular weight excluding hydrogens is 202 g/mol. The summed E-state index contributed by atoms with van der Waals surface area (Å²) in [6, 6.07) is 3.55. The van der Waals surface area contributed by atoms with Crippen molar-refractivity contribution >= 4 is 17.7 Å². The van der Waals surface area contributed by atoms with Gasteiger partial charge in [-0.1, -0.05) is 0 Å². The minimum absolute atomic E-state index is 0.370. The minimum atomic E-state index is -0.511. The van der Waals surface area contributed by atoms with E-state index in [2.05, 4.69) is 0 Å². The maximum atomic E-state index is 11.5. The fraction of sp³-hybridized carbons (Fsp3) is 0.500. The van der Waals surface area contributed by atoms with Gasteiger partial charge in [0.25, 0.3) is 0 Å². The van der Waals surface area contributed by atoms with Gasteiger partial charge >= 0.3 is 6.09 Å². The number of alkyl halides is 1. The highest BCUT2D eigenvalue weighted by molar-refractivity contribution is 6.17. The first kappa shape index (κ1) is 11.1. The van der Waals surface area contributed by atoms with Gasteiger partial charge in [-0.2, -0.15) is 0 Å². The molecule has 1 heterocycles. The average molecular weight is 216 g/mol. The molecule has 0 N–H and O–H groups in total. The van der Waals surface area contributed by atoms with Gasteiger partial charge in [0.05, 0.1) is 0 Å². The van der Waals surface area contributed by atoms with Gasteiger partial charge in [-0.15, -0.1) is 11.6 Å². The average Bonchev–Trinajstić information content (AvgIpc) is 2.53. The summed E-state index contributed by atoms with van der Waals surface area (Å²) in [6.07, 6.45) is 3.57. The number of carbonyl (C=O) groups is 1. The van der Waals surface area contributed by atoms with Crippen LogP contribution in [0.3, 0.4) is 0 Å². The molecule has 0 spiro atoms. The molecule has 0 aliphatic rings. The first-order valence-electron chi connectivity index (χ1n) is 4.47. The molecule has 0 saturated heterocycles. The van der Waals surface area contributed by atoms with Gasteiger partial charge in [0, 0.05) is 24.7 Å². The van der Waals surface area contributed by atoms with E-state index in [-0.39, 0.29) is 6.09 Å². The third-order valence-corrected chi connectivity index (χ3v) is 2.06. The Bertz CT molecular complexity index is 293. The molecule has 78 valence electrons.